The standard InChI is InChI=1S/C20H20FN5O5/c1-19(2)29-13-14(30-19)20(21,8-27)31-18(13)26-10-24-12-15(22-9-23-16(12)26)25-17(28)11-6-4-3-5-7-11/h3-7,9-10,13-14,18,27H,8H2,1-2H3,(H,22,23,25,28)/t13-,14?,18+,20+/m0/s1. The summed E-state index contributed by atoms with van der Waals surface area (Å²) in [6.45, 7) is 2.42. The maximum Gasteiger partial charge on any atom is 0.263 e. The third kappa shape index (κ3) is 3.26. The van der Waals surface area contributed by atoms with Crippen molar-refractivity contribution in [1.29, 1.82) is 0 Å². The van der Waals surface area contributed by atoms with Gasteiger partial charge in [0, 0.05) is 5.56 Å². The summed E-state index contributed by atoms with van der Waals surface area (Å²) >= 11 is 0. The van der Waals surface area contributed by atoms with Crippen LogP contribution in [0.3, 0.4) is 0 Å². The van der Waals surface area contributed by atoms with Gasteiger partial charge in [0.15, 0.2) is 35.1 Å². The Labute approximate surface area is 176 Å². The van der Waals surface area contributed by atoms with Crippen molar-refractivity contribution < 1.29 is 28.5 Å². The maximum atomic E-state index is 15.2. The number of halogens is 1. The number of hydrogen-bond donors (Lipinski definition) is 2. The van der Waals surface area contributed by atoms with Gasteiger partial charge < -0.3 is 24.6 Å². The lowest BCUT2D eigenvalue weighted by Gasteiger charge is -2.27. The number of carbonyl (C=O) groups is 1. The van der Waals surface area contributed by atoms with Gasteiger partial charge in [-0.2, -0.15) is 0 Å². The van der Waals surface area contributed by atoms with E-state index in [0.717, 1.165) is 0 Å². The molecule has 4 heterocycles. The third-order valence-electron chi connectivity index (χ3n) is 5.27. The van der Waals surface area contributed by atoms with Crippen molar-refractivity contribution in [2.24, 2.45) is 0 Å². The number of alkyl halides is 1. The van der Waals surface area contributed by atoms with Crippen molar-refractivity contribution in [2.75, 3.05) is 11.9 Å². The summed E-state index contributed by atoms with van der Waals surface area (Å²) in [6, 6.07) is 8.66. The number of ether oxygens (including phenoxy) is 3. The SMILES string of the molecule is CC1(C)OC2[C@H](O1)[C@H](n1cnc3c(NC(=O)c4ccccc4)ncnc31)O[C@]2(F)CO. The molecular weight excluding hydrogens is 409 g/mol. The maximum absolute atomic E-state index is 15.2. The molecule has 1 aromatic carbocycles. The van der Waals surface area contributed by atoms with Crippen molar-refractivity contribution in [3.05, 3.63) is 48.5 Å². The average Bonchev–Trinajstić information content (AvgIpc) is 3.40. The molecule has 2 fully saturated rings. The lowest BCUT2D eigenvalue weighted by molar-refractivity contribution is -0.264. The van der Waals surface area contributed by atoms with E-state index < -0.39 is 36.7 Å². The van der Waals surface area contributed by atoms with E-state index in [4.69, 9.17) is 14.2 Å². The number of aromatic nitrogens is 4. The molecule has 2 aliphatic rings. The zero-order valence-corrected chi connectivity index (χ0v) is 16.7. The minimum Gasteiger partial charge on any atom is -0.390 e. The Morgan fingerprint density at radius 1 is 1.19 bits per heavy atom. The van der Waals surface area contributed by atoms with Gasteiger partial charge >= 0.3 is 0 Å². The normalized spacial score (nSPS) is 29.2. The van der Waals surface area contributed by atoms with Gasteiger partial charge in [0.25, 0.3) is 11.8 Å². The van der Waals surface area contributed by atoms with Crippen LogP contribution in [0.15, 0.2) is 43.0 Å². The zero-order chi connectivity index (χ0) is 21.8. The Bertz CT molecular complexity index is 1140. The number of anilines is 1. The smallest absolute Gasteiger partial charge is 0.263 e. The van der Waals surface area contributed by atoms with Gasteiger partial charge in [-0.25, -0.2) is 19.3 Å². The van der Waals surface area contributed by atoms with E-state index in [9.17, 15) is 9.90 Å². The number of aliphatic hydroxyl groups excluding tert-OH is 1. The average molecular weight is 429 g/mol. The fourth-order valence-electron chi connectivity index (χ4n) is 3.91. The second kappa shape index (κ2) is 7.02. The second-order valence-corrected chi connectivity index (χ2v) is 7.84. The molecule has 162 valence electrons. The highest BCUT2D eigenvalue weighted by molar-refractivity contribution is 6.06. The summed E-state index contributed by atoms with van der Waals surface area (Å²) in [5.74, 6) is -3.66. The number of fused-ring (bicyclic) bond motifs is 2. The molecule has 1 unspecified atom stereocenters. The summed E-state index contributed by atoms with van der Waals surface area (Å²) in [5, 5.41) is 12.3. The molecule has 1 amide bonds. The predicted molar refractivity (Wildman–Crippen MR) is 105 cm³/mol. The highest BCUT2D eigenvalue weighted by Crippen LogP contribution is 2.49. The Balaban J connectivity index is 1.50. The minimum absolute atomic E-state index is 0.199. The molecule has 2 saturated heterocycles. The lowest BCUT2D eigenvalue weighted by Crippen LogP contribution is -2.42. The second-order valence-electron chi connectivity index (χ2n) is 7.84. The van der Waals surface area contributed by atoms with Crippen LogP contribution in [0, 0.1) is 0 Å². The van der Waals surface area contributed by atoms with Crippen LogP contribution in [0.25, 0.3) is 11.2 Å². The van der Waals surface area contributed by atoms with Crippen molar-refractivity contribution >= 4 is 22.9 Å². The van der Waals surface area contributed by atoms with E-state index in [0.29, 0.717) is 16.7 Å². The van der Waals surface area contributed by atoms with Gasteiger partial charge in [-0.05, 0) is 26.0 Å². The Hall–Kier alpha value is -2.99. The van der Waals surface area contributed by atoms with E-state index in [-0.39, 0.29) is 11.7 Å². The topological polar surface area (TPSA) is 121 Å². The molecule has 0 spiro atoms. The first-order valence-corrected chi connectivity index (χ1v) is 9.68. The molecular formula is C20H20FN5O5. The zero-order valence-electron chi connectivity index (χ0n) is 16.7. The first-order valence-electron chi connectivity index (χ1n) is 9.68. The van der Waals surface area contributed by atoms with Crippen molar-refractivity contribution in [1.82, 2.24) is 19.5 Å². The third-order valence-corrected chi connectivity index (χ3v) is 5.27. The predicted octanol–water partition coefficient (Wildman–Crippen LogP) is 1.79. The highest BCUT2D eigenvalue weighted by Gasteiger charge is 2.64. The van der Waals surface area contributed by atoms with Crippen LogP contribution in [0.2, 0.25) is 0 Å². The molecule has 2 aliphatic heterocycles. The molecule has 0 bridgehead atoms. The Kier molecular flexibility index (Phi) is 4.52. The van der Waals surface area contributed by atoms with Gasteiger partial charge in [-0.1, -0.05) is 18.2 Å². The summed E-state index contributed by atoms with van der Waals surface area (Å²) in [6.07, 6.45) is -0.313. The number of aliphatic hydroxyl groups is 1. The molecule has 5 rings (SSSR count). The number of benzene rings is 1. The van der Waals surface area contributed by atoms with Gasteiger partial charge in [0.05, 0.1) is 6.33 Å². The first kappa shape index (κ1) is 19.9. The van der Waals surface area contributed by atoms with E-state index in [1.807, 2.05) is 6.07 Å². The van der Waals surface area contributed by atoms with Crippen molar-refractivity contribution in [2.45, 2.75) is 43.9 Å². The van der Waals surface area contributed by atoms with Crippen LogP contribution in [-0.4, -0.2) is 61.0 Å². The fraction of sp³-hybridized carbons (Fsp3) is 0.400. The van der Waals surface area contributed by atoms with Gasteiger partial charge in [-0.3, -0.25) is 9.36 Å². The number of carbonyl (C=O) groups excluding carboxylic acids is 1. The molecule has 0 aliphatic carbocycles. The molecule has 3 aromatic rings. The number of hydrogen-bond acceptors (Lipinski definition) is 8. The first-order chi connectivity index (χ1) is 14.8. The molecule has 2 N–H and O–H groups in total. The van der Waals surface area contributed by atoms with Crippen molar-refractivity contribution in [3.63, 3.8) is 0 Å². The Morgan fingerprint density at radius 3 is 2.71 bits per heavy atom. The van der Waals surface area contributed by atoms with Crippen LogP contribution in [0.1, 0.15) is 30.4 Å². The summed E-state index contributed by atoms with van der Waals surface area (Å²) in [4.78, 5) is 25.2. The number of nitrogens with one attached hydrogen (secondary N) is 1. The molecule has 31 heavy (non-hydrogen) atoms. The van der Waals surface area contributed by atoms with Crippen LogP contribution in [0.4, 0.5) is 10.2 Å². The van der Waals surface area contributed by atoms with Gasteiger partial charge in [0.1, 0.15) is 19.0 Å². The van der Waals surface area contributed by atoms with E-state index in [1.165, 1.54) is 17.2 Å². The number of amides is 1. The van der Waals surface area contributed by atoms with Gasteiger partial charge in [0.2, 0.25) is 0 Å². The summed E-state index contributed by atoms with van der Waals surface area (Å²) < 4.78 is 33.7. The molecule has 2 aromatic heterocycles. The number of rotatable bonds is 4. The van der Waals surface area contributed by atoms with Crippen LogP contribution in [0.5, 0.6) is 0 Å². The fourth-order valence-corrected chi connectivity index (χ4v) is 3.91. The van der Waals surface area contributed by atoms with E-state index in [1.54, 1.807) is 38.1 Å². The van der Waals surface area contributed by atoms with Crippen molar-refractivity contribution in [3.8, 4) is 0 Å². The molecule has 0 radical (unpaired) electrons. The monoisotopic (exact) mass is 429 g/mol. The molecule has 4 atom stereocenters. The number of imidazole rings is 1. The molecule has 11 heteroatoms. The summed E-state index contributed by atoms with van der Waals surface area (Å²) in [5.41, 5.74) is 1.06. The molecule has 0 saturated carbocycles. The highest BCUT2D eigenvalue weighted by atomic mass is 19.2. The van der Waals surface area contributed by atoms with Crippen LogP contribution >= 0.6 is 0 Å². The minimum atomic E-state index is -2.45. The quantitative estimate of drug-likeness (QED) is 0.644. The van der Waals surface area contributed by atoms with Crippen LogP contribution < -0.4 is 5.32 Å². The van der Waals surface area contributed by atoms with Gasteiger partial charge in [-0.15, -0.1) is 0 Å². The van der Waals surface area contributed by atoms with E-state index in [2.05, 4.69) is 20.3 Å². The summed E-state index contributed by atoms with van der Waals surface area (Å²) in [7, 11) is 0. The number of nitrogens with zero attached hydrogens (tertiary/aromatic N) is 4. The largest absolute Gasteiger partial charge is 0.390 e. The van der Waals surface area contributed by atoms with Crippen LogP contribution in [-0.2, 0) is 14.2 Å². The Morgan fingerprint density at radius 2 is 1.97 bits per heavy atom. The lowest BCUT2D eigenvalue weighted by atomic mass is 10.1. The molecule has 10 nitrogen and oxygen atoms in total. The van der Waals surface area contributed by atoms with E-state index >= 15 is 4.39 Å².